The fraction of sp³-hybridized carbons (Fsp3) is 0.526. The lowest BCUT2D eigenvalue weighted by molar-refractivity contribution is -0.136. The van der Waals surface area contributed by atoms with Crippen LogP contribution in [0.1, 0.15) is 34.3 Å². The molecule has 0 aromatic heterocycles. The van der Waals surface area contributed by atoms with E-state index in [9.17, 15) is 14.4 Å². The third kappa shape index (κ3) is 3.47. The SMILES string of the molecule is NC[C@@H]1CN(Cc2cccc3c2CN(C2CCC(=O)NC2=O)C3=O)CCO1. The third-order valence-corrected chi connectivity index (χ3v) is 5.56. The minimum Gasteiger partial charge on any atom is -0.374 e. The van der Waals surface area contributed by atoms with Crippen molar-refractivity contribution in [1.82, 2.24) is 15.1 Å². The van der Waals surface area contributed by atoms with Crippen LogP contribution in [0.3, 0.4) is 0 Å². The Morgan fingerprint density at radius 3 is 2.89 bits per heavy atom. The van der Waals surface area contributed by atoms with Gasteiger partial charge in [0.15, 0.2) is 0 Å². The van der Waals surface area contributed by atoms with Gasteiger partial charge in [-0.1, -0.05) is 12.1 Å². The first-order chi connectivity index (χ1) is 13.1. The van der Waals surface area contributed by atoms with Gasteiger partial charge in [0.25, 0.3) is 5.91 Å². The molecule has 2 fully saturated rings. The molecule has 2 atom stereocenters. The number of morpholine rings is 1. The van der Waals surface area contributed by atoms with E-state index in [0.29, 0.717) is 31.7 Å². The third-order valence-electron chi connectivity index (χ3n) is 5.56. The Balaban J connectivity index is 1.52. The minimum atomic E-state index is -0.583. The zero-order chi connectivity index (χ0) is 19.0. The van der Waals surface area contributed by atoms with Crippen LogP contribution in [0.5, 0.6) is 0 Å². The molecule has 3 aliphatic rings. The average molecular weight is 372 g/mol. The highest BCUT2D eigenvalue weighted by Crippen LogP contribution is 2.30. The van der Waals surface area contributed by atoms with Crippen molar-refractivity contribution in [1.29, 1.82) is 0 Å². The Kier molecular flexibility index (Phi) is 4.94. The van der Waals surface area contributed by atoms with Crippen LogP contribution in [-0.2, 0) is 27.4 Å². The van der Waals surface area contributed by atoms with Crippen molar-refractivity contribution < 1.29 is 19.1 Å². The van der Waals surface area contributed by atoms with Gasteiger partial charge in [0, 0.05) is 44.7 Å². The monoisotopic (exact) mass is 372 g/mol. The van der Waals surface area contributed by atoms with Gasteiger partial charge in [0.05, 0.1) is 12.7 Å². The van der Waals surface area contributed by atoms with Crippen LogP contribution >= 0.6 is 0 Å². The summed E-state index contributed by atoms with van der Waals surface area (Å²) >= 11 is 0. The predicted molar refractivity (Wildman–Crippen MR) is 96.6 cm³/mol. The second-order valence-electron chi connectivity index (χ2n) is 7.31. The van der Waals surface area contributed by atoms with Crippen LogP contribution in [0.2, 0.25) is 0 Å². The fourth-order valence-corrected chi connectivity index (χ4v) is 4.11. The molecule has 3 aliphatic heterocycles. The van der Waals surface area contributed by atoms with Gasteiger partial charge in [-0.25, -0.2) is 0 Å². The topological polar surface area (TPSA) is 105 Å². The number of carbonyl (C=O) groups excluding carboxylic acids is 3. The molecule has 27 heavy (non-hydrogen) atoms. The molecular formula is C19H24N4O4. The number of nitrogens with one attached hydrogen (secondary N) is 1. The Morgan fingerprint density at radius 1 is 1.26 bits per heavy atom. The van der Waals surface area contributed by atoms with E-state index in [1.807, 2.05) is 18.2 Å². The summed E-state index contributed by atoms with van der Waals surface area (Å²) in [4.78, 5) is 40.4. The van der Waals surface area contributed by atoms with Gasteiger partial charge >= 0.3 is 0 Å². The van der Waals surface area contributed by atoms with Gasteiger partial charge in [-0.15, -0.1) is 0 Å². The van der Waals surface area contributed by atoms with Crippen molar-refractivity contribution in [3.05, 3.63) is 34.9 Å². The van der Waals surface area contributed by atoms with Crippen LogP contribution in [-0.4, -0.2) is 65.9 Å². The Hall–Kier alpha value is -2.29. The lowest BCUT2D eigenvalue weighted by Gasteiger charge is -2.32. The number of carbonyl (C=O) groups is 3. The highest BCUT2D eigenvalue weighted by molar-refractivity contribution is 6.05. The largest absolute Gasteiger partial charge is 0.374 e. The number of nitrogens with two attached hydrogens (primary N) is 1. The molecule has 2 saturated heterocycles. The van der Waals surface area contributed by atoms with Crippen LogP contribution in [0.15, 0.2) is 18.2 Å². The molecule has 1 unspecified atom stereocenters. The van der Waals surface area contributed by atoms with E-state index < -0.39 is 6.04 Å². The van der Waals surface area contributed by atoms with Crippen molar-refractivity contribution >= 4 is 17.7 Å². The first-order valence-electron chi connectivity index (χ1n) is 9.36. The van der Waals surface area contributed by atoms with E-state index in [2.05, 4.69) is 10.2 Å². The summed E-state index contributed by atoms with van der Waals surface area (Å²) in [5.74, 6) is -0.793. The van der Waals surface area contributed by atoms with Crippen molar-refractivity contribution in [2.24, 2.45) is 5.73 Å². The molecule has 3 N–H and O–H groups in total. The fourth-order valence-electron chi connectivity index (χ4n) is 4.11. The molecule has 1 aromatic rings. The zero-order valence-corrected chi connectivity index (χ0v) is 15.1. The Labute approximate surface area is 157 Å². The van der Waals surface area contributed by atoms with Crippen LogP contribution in [0, 0.1) is 0 Å². The summed E-state index contributed by atoms with van der Waals surface area (Å²) in [5, 5.41) is 2.34. The van der Waals surface area contributed by atoms with Gasteiger partial charge in [-0.3, -0.25) is 24.6 Å². The number of hydrogen-bond acceptors (Lipinski definition) is 6. The molecule has 0 spiro atoms. The minimum absolute atomic E-state index is 0.0390. The number of hydrogen-bond donors (Lipinski definition) is 2. The van der Waals surface area contributed by atoms with E-state index in [4.69, 9.17) is 10.5 Å². The first kappa shape index (κ1) is 18.1. The predicted octanol–water partition coefficient (Wildman–Crippen LogP) is -0.393. The average Bonchev–Trinajstić information content (AvgIpc) is 3.00. The summed E-state index contributed by atoms with van der Waals surface area (Å²) in [6, 6.07) is 5.16. The van der Waals surface area contributed by atoms with Crippen LogP contribution in [0.25, 0.3) is 0 Å². The Morgan fingerprint density at radius 2 is 2.11 bits per heavy atom. The second kappa shape index (κ2) is 7.38. The molecule has 1 aromatic carbocycles. The number of ether oxygens (including phenoxy) is 1. The molecule has 4 rings (SSSR count). The van der Waals surface area contributed by atoms with Crippen LogP contribution in [0.4, 0.5) is 0 Å². The maximum absolute atomic E-state index is 12.9. The maximum Gasteiger partial charge on any atom is 0.255 e. The number of fused-ring (bicyclic) bond motifs is 1. The van der Waals surface area contributed by atoms with E-state index >= 15 is 0 Å². The molecule has 0 saturated carbocycles. The zero-order valence-electron chi connectivity index (χ0n) is 15.1. The highest BCUT2D eigenvalue weighted by Gasteiger charge is 2.39. The number of benzene rings is 1. The van der Waals surface area contributed by atoms with Crippen molar-refractivity contribution in [3.63, 3.8) is 0 Å². The van der Waals surface area contributed by atoms with Crippen LogP contribution < -0.4 is 11.1 Å². The second-order valence-corrected chi connectivity index (χ2v) is 7.31. The summed E-state index contributed by atoms with van der Waals surface area (Å²) < 4.78 is 5.62. The smallest absolute Gasteiger partial charge is 0.255 e. The number of amides is 3. The summed E-state index contributed by atoms with van der Waals surface area (Å²) in [6.07, 6.45) is 0.677. The lowest BCUT2D eigenvalue weighted by atomic mass is 10.0. The molecule has 3 heterocycles. The number of imide groups is 1. The van der Waals surface area contributed by atoms with Crippen molar-refractivity contribution in [2.45, 2.75) is 38.1 Å². The van der Waals surface area contributed by atoms with E-state index in [1.165, 1.54) is 0 Å². The van der Waals surface area contributed by atoms with Crippen molar-refractivity contribution in [3.8, 4) is 0 Å². The highest BCUT2D eigenvalue weighted by atomic mass is 16.5. The molecule has 8 heteroatoms. The molecule has 0 aliphatic carbocycles. The summed E-state index contributed by atoms with van der Waals surface area (Å²) in [5.41, 5.74) is 8.45. The maximum atomic E-state index is 12.9. The normalized spacial score (nSPS) is 26.3. The molecule has 0 radical (unpaired) electrons. The van der Waals surface area contributed by atoms with E-state index in [1.54, 1.807) is 4.90 Å². The molecule has 0 bridgehead atoms. The lowest BCUT2D eigenvalue weighted by Crippen LogP contribution is -2.52. The van der Waals surface area contributed by atoms with Gasteiger partial charge in [0.1, 0.15) is 6.04 Å². The number of piperidine rings is 1. The number of nitrogens with zero attached hydrogens (tertiary/aromatic N) is 2. The van der Waals surface area contributed by atoms with Gasteiger partial charge in [-0.2, -0.15) is 0 Å². The van der Waals surface area contributed by atoms with Gasteiger partial charge in [0.2, 0.25) is 11.8 Å². The number of rotatable bonds is 4. The summed E-state index contributed by atoms with van der Waals surface area (Å²) in [6.45, 7) is 3.86. The molecule has 144 valence electrons. The van der Waals surface area contributed by atoms with E-state index in [0.717, 1.165) is 30.8 Å². The quantitative estimate of drug-likeness (QED) is 0.698. The van der Waals surface area contributed by atoms with Gasteiger partial charge < -0.3 is 15.4 Å². The first-order valence-corrected chi connectivity index (χ1v) is 9.36. The molecular weight excluding hydrogens is 348 g/mol. The van der Waals surface area contributed by atoms with Crippen molar-refractivity contribution in [2.75, 3.05) is 26.2 Å². The Bertz CT molecular complexity index is 781. The molecule has 3 amide bonds. The summed E-state index contributed by atoms with van der Waals surface area (Å²) in [7, 11) is 0. The van der Waals surface area contributed by atoms with E-state index in [-0.39, 0.29) is 30.2 Å². The van der Waals surface area contributed by atoms with Gasteiger partial charge in [-0.05, 0) is 23.6 Å². The standard InChI is InChI=1S/C19H24N4O4/c20-8-13-10-22(6-7-27-13)9-12-2-1-3-14-15(12)11-23(19(14)26)16-4-5-17(24)21-18(16)25/h1-3,13,16H,4-11,20H2,(H,21,24,25)/t13-,16?/m1/s1. The molecule has 8 nitrogen and oxygen atoms in total.